The van der Waals surface area contributed by atoms with Crippen molar-refractivity contribution in [3.05, 3.63) is 59.9 Å². The van der Waals surface area contributed by atoms with Gasteiger partial charge in [-0.25, -0.2) is 9.18 Å². The summed E-state index contributed by atoms with van der Waals surface area (Å²) in [5.41, 5.74) is 1.98. The van der Waals surface area contributed by atoms with E-state index in [1.54, 1.807) is 19.2 Å². The second-order valence-corrected chi connectivity index (χ2v) is 8.73. The van der Waals surface area contributed by atoms with Crippen LogP contribution in [-0.4, -0.2) is 55.2 Å². The molecule has 0 spiro atoms. The Kier molecular flexibility index (Phi) is 7.07. The number of piperidine rings is 1. The Morgan fingerprint density at radius 3 is 2.61 bits per heavy atom. The van der Waals surface area contributed by atoms with E-state index in [2.05, 4.69) is 10.2 Å². The lowest BCUT2D eigenvalue weighted by Gasteiger charge is -2.35. The Hall–Kier alpha value is -2.60. The Bertz CT molecular complexity index is 865. The fourth-order valence-electron chi connectivity index (χ4n) is 4.81. The Morgan fingerprint density at radius 1 is 1.10 bits per heavy atom. The van der Waals surface area contributed by atoms with Crippen LogP contribution in [0, 0.1) is 11.7 Å². The third-order valence-corrected chi connectivity index (χ3v) is 6.57. The van der Waals surface area contributed by atoms with Gasteiger partial charge in [-0.3, -0.25) is 0 Å². The molecule has 2 aromatic carbocycles. The minimum atomic E-state index is -0.171. The van der Waals surface area contributed by atoms with E-state index in [9.17, 15) is 9.18 Å². The minimum Gasteiger partial charge on any atom is -0.497 e. The molecule has 2 saturated heterocycles. The molecule has 0 aliphatic carbocycles. The summed E-state index contributed by atoms with van der Waals surface area (Å²) in [6.07, 6.45) is 5.44. The lowest BCUT2D eigenvalue weighted by Crippen LogP contribution is -2.47. The third-order valence-electron chi connectivity index (χ3n) is 6.57. The van der Waals surface area contributed by atoms with Crippen LogP contribution in [0.5, 0.6) is 5.75 Å². The number of rotatable bonds is 6. The van der Waals surface area contributed by atoms with Gasteiger partial charge in [0.2, 0.25) is 0 Å². The number of nitrogens with zero attached hydrogens (tertiary/aromatic N) is 2. The molecular formula is C25H32FN3O2. The summed E-state index contributed by atoms with van der Waals surface area (Å²) in [5.74, 6) is 1.21. The number of ether oxygens (including phenoxy) is 1. The first-order valence-electron chi connectivity index (χ1n) is 11.3. The van der Waals surface area contributed by atoms with E-state index in [-0.39, 0.29) is 17.9 Å². The van der Waals surface area contributed by atoms with Gasteiger partial charge in [-0.15, -0.1) is 0 Å². The molecule has 2 fully saturated rings. The van der Waals surface area contributed by atoms with Crippen molar-refractivity contribution in [1.82, 2.24) is 9.80 Å². The number of anilines is 1. The van der Waals surface area contributed by atoms with Crippen LogP contribution in [-0.2, 0) is 6.42 Å². The topological polar surface area (TPSA) is 44.8 Å². The number of carbonyl (C=O) groups is 1. The summed E-state index contributed by atoms with van der Waals surface area (Å²) in [7, 11) is 1.63. The predicted molar refractivity (Wildman–Crippen MR) is 121 cm³/mol. The number of hydrogen-bond acceptors (Lipinski definition) is 3. The highest BCUT2D eigenvalue weighted by molar-refractivity contribution is 5.90. The highest BCUT2D eigenvalue weighted by Gasteiger charge is 2.31. The largest absolute Gasteiger partial charge is 0.497 e. The number of carbonyl (C=O) groups excluding carboxylic acids is 1. The van der Waals surface area contributed by atoms with E-state index >= 15 is 0 Å². The van der Waals surface area contributed by atoms with E-state index in [0.29, 0.717) is 5.92 Å². The zero-order chi connectivity index (χ0) is 21.6. The van der Waals surface area contributed by atoms with E-state index < -0.39 is 0 Å². The number of nitrogens with one attached hydrogen (secondary N) is 1. The first kappa shape index (κ1) is 21.6. The summed E-state index contributed by atoms with van der Waals surface area (Å²) in [6, 6.07) is 14.6. The van der Waals surface area contributed by atoms with Crippen molar-refractivity contribution in [2.45, 2.75) is 38.1 Å². The van der Waals surface area contributed by atoms with Gasteiger partial charge in [-0.1, -0.05) is 18.2 Å². The molecule has 2 aliphatic heterocycles. The van der Waals surface area contributed by atoms with Crippen LogP contribution in [0.1, 0.15) is 31.2 Å². The zero-order valence-corrected chi connectivity index (χ0v) is 18.2. The summed E-state index contributed by atoms with van der Waals surface area (Å²) in [5, 5.41) is 3.03. The number of methoxy groups -OCH3 is 1. The van der Waals surface area contributed by atoms with Gasteiger partial charge in [-0.05, 0) is 80.9 Å². The molecule has 0 radical (unpaired) electrons. The molecule has 1 atom stereocenters. The number of amides is 2. The fraction of sp³-hybridized carbons (Fsp3) is 0.480. The van der Waals surface area contributed by atoms with Crippen molar-refractivity contribution >= 4 is 11.7 Å². The molecule has 2 aliphatic rings. The molecule has 0 saturated carbocycles. The Morgan fingerprint density at radius 2 is 1.87 bits per heavy atom. The summed E-state index contributed by atoms with van der Waals surface area (Å²) < 4.78 is 18.4. The van der Waals surface area contributed by atoms with Gasteiger partial charge < -0.3 is 19.9 Å². The van der Waals surface area contributed by atoms with Crippen molar-refractivity contribution in [2.24, 2.45) is 5.92 Å². The highest BCUT2D eigenvalue weighted by Crippen LogP contribution is 2.25. The maximum absolute atomic E-state index is 13.1. The van der Waals surface area contributed by atoms with Gasteiger partial charge in [0.1, 0.15) is 11.6 Å². The monoisotopic (exact) mass is 425 g/mol. The number of hydrogen-bond donors (Lipinski definition) is 1. The predicted octanol–water partition coefficient (Wildman–Crippen LogP) is 4.79. The molecule has 166 valence electrons. The van der Waals surface area contributed by atoms with Gasteiger partial charge in [0.05, 0.1) is 7.11 Å². The molecule has 5 nitrogen and oxygen atoms in total. The molecule has 1 N–H and O–H groups in total. The molecule has 6 heteroatoms. The van der Waals surface area contributed by atoms with E-state index in [1.807, 2.05) is 41.3 Å². The molecule has 0 bridgehead atoms. The fourth-order valence-corrected chi connectivity index (χ4v) is 4.81. The van der Waals surface area contributed by atoms with Crippen LogP contribution >= 0.6 is 0 Å². The summed E-state index contributed by atoms with van der Waals surface area (Å²) >= 11 is 0. The van der Waals surface area contributed by atoms with E-state index in [0.717, 1.165) is 69.7 Å². The lowest BCUT2D eigenvalue weighted by molar-refractivity contribution is 0.141. The second kappa shape index (κ2) is 10.1. The molecule has 2 heterocycles. The maximum Gasteiger partial charge on any atom is 0.322 e. The Labute approximate surface area is 184 Å². The van der Waals surface area contributed by atoms with Crippen molar-refractivity contribution in [1.29, 1.82) is 0 Å². The van der Waals surface area contributed by atoms with Crippen LogP contribution < -0.4 is 10.1 Å². The molecule has 2 aromatic rings. The summed E-state index contributed by atoms with van der Waals surface area (Å²) in [6.45, 7) is 3.87. The normalized spacial score (nSPS) is 20.1. The first-order valence-corrected chi connectivity index (χ1v) is 11.3. The molecular weight excluding hydrogens is 393 g/mol. The molecule has 31 heavy (non-hydrogen) atoms. The zero-order valence-electron chi connectivity index (χ0n) is 18.2. The third kappa shape index (κ3) is 5.76. The van der Waals surface area contributed by atoms with Crippen LogP contribution in [0.4, 0.5) is 14.9 Å². The molecule has 2 amide bonds. The van der Waals surface area contributed by atoms with Crippen LogP contribution in [0.3, 0.4) is 0 Å². The van der Waals surface area contributed by atoms with Crippen molar-refractivity contribution in [3.8, 4) is 5.75 Å². The van der Waals surface area contributed by atoms with Gasteiger partial charge in [-0.2, -0.15) is 0 Å². The quantitative estimate of drug-likeness (QED) is 0.724. The van der Waals surface area contributed by atoms with Gasteiger partial charge in [0.25, 0.3) is 0 Å². The average Bonchev–Trinajstić information content (AvgIpc) is 3.25. The molecule has 1 unspecified atom stereocenters. The lowest BCUT2D eigenvalue weighted by atomic mass is 9.90. The number of benzene rings is 2. The second-order valence-electron chi connectivity index (χ2n) is 8.73. The number of urea groups is 1. The first-order chi connectivity index (χ1) is 15.1. The molecule has 0 aromatic heterocycles. The number of likely N-dealkylation sites (tertiary alicyclic amines) is 2. The standard InChI is InChI=1S/C25H32FN3O2/c1-31-24-6-2-4-22(17-24)27-25(30)29-13-3-5-23(29)18-28-14-11-20(12-15-28)16-19-7-9-21(26)10-8-19/h2,4,6-10,17,20,23H,3,5,11-16,18H2,1H3,(H,27,30). The minimum absolute atomic E-state index is 0.0260. The SMILES string of the molecule is COc1cccc(NC(=O)N2CCCC2CN2CCC(Cc3ccc(F)cc3)CC2)c1. The van der Waals surface area contributed by atoms with Gasteiger partial charge in [0.15, 0.2) is 0 Å². The van der Waals surface area contributed by atoms with Crippen LogP contribution in [0.15, 0.2) is 48.5 Å². The highest BCUT2D eigenvalue weighted by atomic mass is 19.1. The van der Waals surface area contributed by atoms with Crippen molar-refractivity contribution in [3.63, 3.8) is 0 Å². The average molecular weight is 426 g/mol. The summed E-state index contributed by atoms with van der Waals surface area (Å²) in [4.78, 5) is 17.4. The van der Waals surface area contributed by atoms with E-state index in [4.69, 9.17) is 4.74 Å². The smallest absolute Gasteiger partial charge is 0.322 e. The van der Waals surface area contributed by atoms with Crippen molar-refractivity contribution < 1.29 is 13.9 Å². The number of halogens is 1. The Balaban J connectivity index is 1.26. The van der Waals surface area contributed by atoms with Gasteiger partial charge in [0, 0.05) is 30.9 Å². The van der Waals surface area contributed by atoms with Crippen LogP contribution in [0.25, 0.3) is 0 Å². The van der Waals surface area contributed by atoms with Crippen LogP contribution in [0.2, 0.25) is 0 Å². The molecule has 4 rings (SSSR count). The van der Waals surface area contributed by atoms with Crippen molar-refractivity contribution in [2.75, 3.05) is 38.6 Å². The maximum atomic E-state index is 13.1. The van der Waals surface area contributed by atoms with Gasteiger partial charge >= 0.3 is 6.03 Å². The van der Waals surface area contributed by atoms with E-state index in [1.165, 1.54) is 5.56 Å².